The van der Waals surface area contributed by atoms with E-state index >= 15 is 0 Å². The highest BCUT2D eigenvalue weighted by Gasteiger charge is 2.61. The first-order valence-corrected chi connectivity index (χ1v) is 10.3. The molecular formula is C21H32O4. The number of aliphatic hydroxyl groups excluding tert-OH is 2. The van der Waals surface area contributed by atoms with E-state index in [-0.39, 0.29) is 23.5 Å². The molecule has 0 unspecified atom stereocenters. The largest absolute Gasteiger partial charge is 0.395 e. The Morgan fingerprint density at radius 3 is 2.64 bits per heavy atom. The summed E-state index contributed by atoms with van der Waals surface area (Å²) in [7, 11) is 0. The predicted molar refractivity (Wildman–Crippen MR) is 93.8 cm³/mol. The van der Waals surface area contributed by atoms with E-state index in [1.165, 1.54) is 5.57 Å². The van der Waals surface area contributed by atoms with Gasteiger partial charge in [-0.15, -0.1) is 0 Å². The van der Waals surface area contributed by atoms with Crippen LogP contribution >= 0.6 is 0 Å². The van der Waals surface area contributed by atoms with Gasteiger partial charge in [-0.05, 0) is 61.7 Å². The van der Waals surface area contributed by atoms with E-state index in [1.54, 1.807) is 0 Å². The van der Waals surface area contributed by atoms with Crippen molar-refractivity contribution in [3.05, 3.63) is 11.6 Å². The molecule has 4 heteroatoms. The van der Waals surface area contributed by atoms with Gasteiger partial charge < -0.3 is 19.7 Å². The third-order valence-electron chi connectivity index (χ3n) is 8.88. The van der Waals surface area contributed by atoms with E-state index < -0.39 is 5.79 Å². The van der Waals surface area contributed by atoms with E-state index in [4.69, 9.17) is 9.47 Å². The normalized spacial score (nSPS) is 50.9. The molecule has 4 nitrogen and oxygen atoms in total. The first-order valence-electron chi connectivity index (χ1n) is 10.3. The van der Waals surface area contributed by atoms with Gasteiger partial charge in [0.25, 0.3) is 0 Å². The van der Waals surface area contributed by atoms with Gasteiger partial charge in [0.15, 0.2) is 5.79 Å². The number of rotatable bonds is 1. The number of aliphatic hydroxyl groups is 2. The molecule has 1 saturated heterocycles. The molecule has 4 fully saturated rings. The Bertz CT molecular complexity index is 580. The number of allylic oxidation sites excluding steroid dienone is 1. The number of hydrogen-bond donors (Lipinski definition) is 2. The summed E-state index contributed by atoms with van der Waals surface area (Å²) < 4.78 is 12.0. The minimum atomic E-state index is -0.413. The molecule has 0 aromatic carbocycles. The van der Waals surface area contributed by atoms with Crippen LogP contribution in [0.3, 0.4) is 0 Å². The molecule has 0 bridgehead atoms. The van der Waals surface area contributed by atoms with E-state index in [1.807, 2.05) is 0 Å². The van der Waals surface area contributed by atoms with Crippen molar-refractivity contribution < 1.29 is 19.7 Å². The highest BCUT2D eigenvalue weighted by Crippen LogP contribution is 2.65. The highest BCUT2D eigenvalue weighted by atomic mass is 16.7. The van der Waals surface area contributed by atoms with Crippen molar-refractivity contribution >= 4 is 0 Å². The molecule has 140 valence electrons. The molecule has 2 N–H and O–H groups in total. The van der Waals surface area contributed by atoms with Crippen LogP contribution in [-0.2, 0) is 9.47 Å². The summed E-state index contributed by atoms with van der Waals surface area (Å²) in [6, 6.07) is 0. The monoisotopic (exact) mass is 348 g/mol. The third-order valence-corrected chi connectivity index (χ3v) is 8.88. The molecule has 5 aliphatic rings. The standard InChI is InChI=1S/C21H32O4/c1-19-7-6-17-15(16(19)4-5-18(19)23)3-2-14-12-21(24-10-11-25-21)9-8-20(14,17)13-22/h2,15-18,22-23H,3-13H2,1H3/t15-,16-,17-,18-,19-,20+/m0/s1. The average molecular weight is 348 g/mol. The van der Waals surface area contributed by atoms with Crippen molar-refractivity contribution in [2.24, 2.45) is 28.6 Å². The van der Waals surface area contributed by atoms with Gasteiger partial charge in [-0.2, -0.15) is 0 Å². The summed E-state index contributed by atoms with van der Waals surface area (Å²) in [5, 5.41) is 21.1. The Morgan fingerprint density at radius 1 is 1.08 bits per heavy atom. The van der Waals surface area contributed by atoms with Crippen molar-refractivity contribution in [3.8, 4) is 0 Å². The van der Waals surface area contributed by atoms with E-state index in [2.05, 4.69) is 13.0 Å². The van der Waals surface area contributed by atoms with Crippen molar-refractivity contribution in [1.29, 1.82) is 0 Å². The zero-order chi connectivity index (χ0) is 17.3. The Kier molecular flexibility index (Phi) is 3.71. The van der Waals surface area contributed by atoms with Crippen molar-refractivity contribution in [2.75, 3.05) is 19.8 Å². The topological polar surface area (TPSA) is 58.9 Å². The number of fused-ring (bicyclic) bond motifs is 5. The molecular weight excluding hydrogens is 316 g/mol. The van der Waals surface area contributed by atoms with Gasteiger partial charge in [0, 0.05) is 18.3 Å². The van der Waals surface area contributed by atoms with Crippen LogP contribution in [0.15, 0.2) is 11.6 Å². The van der Waals surface area contributed by atoms with Crippen LogP contribution in [0.1, 0.15) is 58.3 Å². The van der Waals surface area contributed by atoms with Gasteiger partial charge in [-0.25, -0.2) is 0 Å². The second-order valence-corrected chi connectivity index (χ2v) is 9.58. The van der Waals surface area contributed by atoms with Crippen LogP contribution in [0, 0.1) is 28.6 Å². The average Bonchev–Trinajstić information content (AvgIpc) is 3.19. The first-order chi connectivity index (χ1) is 12.0. The predicted octanol–water partition coefficient (Wildman–Crippen LogP) is 3.03. The molecule has 6 atom stereocenters. The lowest BCUT2D eigenvalue weighted by atomic mass is 9.47. The smallest absolute Gasteiger partial charge is 0.172 e. The van der Waals surface area contributed by atoms with E-state index in [9.17, 15) is 10.2 Å². The summed E-state index contributed by atoms with van der Waals surface area (Å²) in [6.07, 6.45) is 10.4. The Labute approximate surface area is 150 Å². The Hall–Kier alpha value is -0.420. The molecule has 0 aromatic heterocycles. The van der Waals surface area contributed by atoms with Crippen LogP contribution in [0.2, 0.25) is 0 Å². The molecule has 5 rings (SSSR count). The fourth-order valence-electron chi connectivity index (χ4n) is 7.42. The van der Waals surface area contributed by atoms with Crippen LogP contribution in [0.5, 0.6) is 0 Å². The van der Waals surface area contributed by atoms with Crippen LogP contribution < -0.4 is 0 Å². The van der Waals surface area contributed by atoms with Gasteiger partial charge in [0.1, 0.15) is 0 Å². The summed E-state index contributed by atoms with van der Waals surface area (Å²) >= 11 is 0. The zero-order valence-corrected chi connectivity index (χ0v) is 15.4. The Morgan fingerprint density at radius 2 is 1.88 bits per heavy atom. The van der Waals surface area contributed by atoms with Crippen LogP contribution in [0.25, 0.3) is 0 Å². The summed E-state index contributed by atoms with van der Waals surface area (Å²) in [6.45, 7) is 3.96. The number of hydrogen-bond acceptors (Lipinski definition) is 4. The second kappa shape index (κ2) is 5.54. The van der Waals surface area contributed by atoms with Crippen molar-refractivity contribution in [2.45, 2.75) is 70.2 Å². The summed E-state index contributed by atoms with van der Waals surface area (Å²) in [5.74, 6) is 1.37. The molecule has 0 aromatic rings. The van der Waals surface area contributed by atoms with Gasteiger partial charge in [0.05, 0.1) is 25.9 Å². The maximum Gasteiger partial charge on any atom is 0.172 e. The summed E-state index contributed by atoms with van der Waals surface area (Å²) in [4.78, 5) is 0. The Balaban J connectivity index is 1.49. The number of ether oxygens (including phenoxy) is 2. The van der Waals surface area contributed by atoms with Crippen LogP contribution in [-0.4, -0.2) is 41.9 Å². The SMILES string of the molecule is C[C@]12CC[C@H]3[C@@H](CC=C4CC5(CC[C@@]43CO)OCCO5)[C@@H]1CC[C@@H]2O. The maximum atomic E-state index is 10.6. The lowest BCUT2D eigenvalue weighted by Crippen LogP contribution is -2.55. The molecule has 1 spiro atoms. The minimum absolute atomic E-state index is 0.0711. The summed E-state index contributed by atoms with van der Waals surface area (Å²) in [5.41, 5.74) is 1.42. The molecule has 25 heavy (non-hydrogen) atoms. The molecule has 1 heterocycles. The molecule has 4 aliphatic carbocycles. The van der Waals surface area contributed by atoms with Crippen molar-refractivity contribution in [3.63, 3.8) is 0 Å². The fraction of sp³-hybridized carbons (Fsp3) is 0.905. The van der Waals surface area contributed by atoms with Gasteiger partial charge in [-0.3, -0.25) is 0 Å². The molecule has 3 saturated carbocycles. The van der Waals surface area contributed by atoms with Gasteiger partial charge in [-0.1, -0.05) is 18.6 Å². The maximum absolute atomic E-state index is 10.6. The van der Waals surface area contributed by atoms with Gasteiger partial charge >= 0.3 is 0 Å². The van der Waals surface area contributed by atoms with Gasteiger partial charge in [0.2, 0.25) is 0 Å². The third kappa shape index (κ3) is 2.14. The lowest BCUT2D eigenvalue weighted by molar-refractivity contribution is -0.191. The van der Waals surface area contributed by atoms with Crippen LogP contribution in [0.4, 0.5) is 0 Å². The highest BCUT2D eigenvalue weighted by molar-refractivity contribution is 5.28. The molecule has 0 amide bonds. The van der Waals surface area contributed by atoms with E-state index in [0.717, 1.165) is 51.4 Å². The van der Waals surface area contributed by atoms with E-state index in [0.29, 0.717) is 31.0 Å². The molecule has 0 radical (unpaired) electrons. The zero-order valence-electron chi connectivity index (χ0n) is 15.4. The lowest BCUT2D eigenvalue weighted by Gasteiger charge is -2.59. The fourth-order valence-corrected chi connectivity index (χ4v) is 7.42. The quantitative estimate of drug-likeness (QED) is 0.715. The first kappa shape index (κ1) is 16.7. The van der Waals surface area contributed by atoms with Crippen molar-refractivity contribution in [1.82, 2.24) is 0 Å². The minimum Gasteiger partial charge on any atom is -0.395 e. The molecule has 1 aliphatic heterocycles. The second-order valence-electron chi connectivity index (χ2n) is 9.58.